The fourth-order valence-corrected chi connectivity index (χ4v) is 3.27. The van der Waals surface area contributed by atoms with E-state index in [1.54, 1.807) is 6.08 Å². The topological polar surface area (TPSA) is 75.0 Å². The van der Waals surface area contributed by atoms with Gasteiger partial charge in [0.05, 0.1) is 17.0 Å². The number of carbonyl (C=O) groups excluding carboxylic acids is 1. The number of pyridine rings is 1. The smallest absolute Gasteiger partial charge is 0.263 e. The predicted octanol–water partition coefficient (Wildman–Crippen LogP) is 2.99. The van der Waals surface area contributed by atoms with Gasteiger partial charge in [0.25, 0.3) is 5.91 Å². The molecular formula is C16H11N3O2S2. The van der Waals surface area contributed by atoms with E-state index in [0.29, 0.717) is 27.1 Å². The van der Waals surface area contributed by atoms with Crippen LogP contribution < -0.4 is 10.1 Å². The van der Waals surface area contributed by atoms with Crippen LogP contribution in [0.1, 0.15) is 18.1 Å². The molecule has 1 aliphatic heterocycles. The van der Waals surface area contributed by atoms with E-state index < -0.39 is 0 Å². The molecule has 3 rings (SSSR count). The summed E-state index contributed by atoms with van der Waals surface area (Å²) in [5, 5.41) is 12.5. The number of nitrogens with zero attached hydrogens (tertiary/aromatic N) is 2. The second-order valence-corrected chi connectivity index (χ2v) is 6.39. The molecule has 0 spiro atoms. The molecule has 2 heterocycles. The molecule has 0 bridgehead atoms. The number of rotatable bonds is 3. The van der Waals surface area contributed by atoms with E-state index in [1.807, 2.05) is 25.1 Å². The number of thioether (sulfide) groups is 1. The van der Waals surface area contributed by atoms with Gasteiger partial charge in [0.2, 0.25) is 0 Å². The van der Waals surface area contributed by atoms with Gasteiger partial charge in [-0.2, -0.15) is 5.26 Å². The van der Waals surface area contributed by atoms with Crippen molar-refractivity contribution in [3.63, 3.8) is 0 Å². The van der Waals surface area contributed by atoms with Crippen molar-refractivity contribution in [3.05, 3.63) is 40.4 Å². The van der Waals surface area contributed by atoms with Crippen molar-refractivity contribution in [2.45, 2.75) is 6.92 Å². The first-order valence-corrected chi connectivity index (χ1v) is 8.05. The van der Waals surface area contributed by atoms with Gasteiger partial charge in [-0.15, -0.1) is 0 Å². The number of nitrogens with one attached hydrogen (secondary N) is 1. The number of hydrogen-bond acceptors (Lipinski definition) is 6. The predicted molar refractivity (Wildman–Crippen MR) is 93.9 cm³/mol. The van der Waals surface area contributed by atoms with Crippen LogP contribution in [0.2, 0.25) is 0 Å². The van der Waals surface area contributed by atoms with Crippen LogP contribution in [0.4, 0.5) is 0 Å². The molecular weight excluding hydrogens is 330 g/mol. The third kappa shape index (κ3) is 3.04. The lowest BCUT2D eigenvalue weighted by molar-refractivity contribution is -0.115. The number of benzene rings is 1. The van der Waals surface area contributed by atoms with Gasteiger partial charge in [-0.05, 0) is 30.7 Å². The van der Waals surface area contributed by atoms with Crippen LogP contribution in [0.3, 0.4) is 0 Å². The zero-order valence-corrected chi connectivity index (χ0v) is 13.8. The minimum Gasteiger partial charge on any atom is -0.492 e. The molecule has 23 heavy (non-hydrogen) atoms. The maximum atomic E-state index is 11.8. The van der Waals surface area contributed by atoms with Gasteiger partial charge in [-0.25, -0.2) is 0 Å². The summed E-state index contributed by atoms with van der Waals surface area (Å²) in [6.07, 6.45) is 3.26. The Bertz CT molecular complexity index is 900. The summed E-state index contributed by atoms with van der Waals surface area (Å²) in [7, 11) is 0. The molecule has 0 radical (unpaired) electrons. The number of thiocarbonyl (C=S) groups is 1. The first kappa shape index (κ1) is 15.5. The van der Waals surface area contributed by atoms with Crippen LogP contribution in [-0.4, -0.2) is 21.8 Å². The zero-order valence-electron chi connectivity index (χ0n) is 12.1. The largest absolute Gasteiger partial charge is 0.492 e. The summed E-state index contributed by atoms with van der Waals surface area (Å²) in [6, 6.07) is 7.64. The lowest BCUT2D eigenvalue weighted by Crippen LogP contribution is -2.17. The van der Waals surface area contributed by atoms with Crippen molar-refractivity contribution in [2.24, 2.45) is 0 Å². The standard InChI is InChI=1S/C16H11N3O2S2/c1-2-21-14-10(7-17)8-18-12-4-3-9(5-11(12)14)6-13-15(20)19-16(22)23-13/h3-6,8H,2H2,1H3,(H,19,20,22). The van der Waals surface area contributed by atoms with E-state index in [2.05, 4.69) is 16.4 Å². The van der Waals surface area contributed by atoms with Crippen molar-refractivity contribution in [1.82, 2.24) is 10.3 Å². The third-order valence-corrected chi connectivity index (χ3v) is 4.35. The van der Waals surface area contributed by atoms with E-state index in [1.165, 1.54) is 18.0 Å². The molecule has 1 saturated heterocycles. The molecule has 1 aromatic heterocycles. The number of nitriles is 1. The van der Waals surface area contributed by atoms with Gasteiger partial charge in [0.15, 0.2) is 0 Å². The summed E-state index contributed by atoms with van der Waals surface area (Å²) >= 11 is 6.21. The third-order valence-electron chi connectivity index (χ3n) is 3.19. The Morgan fingerprint density at radius 2 is 2.35 bits per heavy atom. The second-order valence-electron chi connectivity index (χ2n) is 4.67. The molecule has 0 saturated carbocycles. The Labute approximate surface area is 142 Å². The molecule has 1 aliphatic rings. The molecule has 114 valence electrons. The number of fused-ring (bicyclic) bond motifs is 1. The number of ether oxygens (including phenoxy) is 1. The molecule has 7 heteroatoms. The van der Waals surface area contributed by atoms with Crippen LogP contribution in [0, 0.1) is 11.3 Å². The molecule has 1 fully saturated rings. The van der Waals surface area contributed by atoms with Crippen LogP contribution in [-0.2, 0) is 4.79 Å². The summed E-state index contributed by atoms with van der Waals surface area (Å²) in [6.45, 7) is 2.31. The summed E-state index contributed by atoms with van der Waals surface area (Å²) in [5.74, 6) is 0.313. The Morgan fingerprint density at radius 1 is 1.52 bits per heavy atom. The van der Waals surface area contributed by atoms with Crippen LogP contribution in [0.15, 0.2) is 29.3 Å². The fraction of sp³-hybridized carbons (Fsp3) is 0.125. The van der Waals surface area contributed by atoms with Gasteiger partial charge < -0.3 is 10.1 Å². The highest BCUT2D eigenvalue weighted by molar-refractivity contribution is 8.26. The van der Waals surface area contributed by atoms with Crippen molar-refractivity contribution >= 4 is 51.2 Å². The van der Waals surface area contributed by atoms with Crippen molar-refractivity contribution in [1.29, 1.82) is 5.26 Å². The number of carbonyl (C=O) groups is 1. The Hall–Kier alpha value is -2.43. The lowest BCUT2D eigenvalue weighted by Gasteiger charge is -2.09. The van der Waals surface area contributed by atoms with E-state index in [0.717, 1.165) is 16.5 Å². The molecule has 1 amide bonds. The van der Waals surface area contributed by atoms with Gasteiger partial charge in [-0.1, -0.05) is 30.0 Å². The van der Waals surface area contributed by atoms with E-state index in [9.17, 15) is 10.1 Å². The number of amides is 1. The molecule has 0 aliphatic carbocycles. The van der Waals surface area contributed by atoms with Crippen molar-refractivity contribution < 1.29 is 9.53 Å². The van der Waals surface area contributed by atoms with Crippen LogP contribution in [0.25, 0.3) is 17.0 Å². The van der Waals surface area contributed by atoms with E-state index in [4.69, 9.17) is 17.0 Å². The van der Waals surface area contributed by atoms with E-state index >= 15 is 0 Å². The fourth-order valence-electron chi connectivity index (χ4n) is 2.23. The average Bonchev–Trinajstić information content (AvgIpc) is 2.85. The monoisotopic (exact) mass is 341 g/mol. The zero-order chi connectivity index (χ0) is 16.4. The quantitative estimate of drug-likeness (QED) is 0.683. The first-order chi connectivity index (χ1) is 11.1. The highest BCUT2D eigenvalue weighted by Gasteiger charge is 2.22. The summed E-state index contributed by atoms with van der Waals surface area (Å²) in [4.78, 5) is 16.6. The highest BCUT2D eigenvalue weighted by Crippen LogP contribution is 2.31. The minimum atomic E-state index is -0.200. The first-order valence-electron chi connectivity index (χ1n) is 6.83. The van der Waals surface area contributed by atoms with E-state index in [-0.39, 0.29) is 5.91 Å². The molecule has 0 unspecified atom stereocenters. The van der Waals surface area contributed by atoms with Crippen LogP contribution >= 0.6 is 24.0 Å². The summed E-state index contributed by atoms with van der Waals surface area (Å²) in [5.41, 5.74) is 1.93. The maximum Gasteiger partial charge on any atom is 0.263 e. The highest BCUT2D eigenvalue weighted by atomic mass is 32.2. The van der Waals surface area contributed by atoms with Crippen molar-refractivity contribution in [3.8, 4) is 11.8 Å². The van der Waals surface area contributed by atoms with Crippen molar-refractivity contribution in [2.75, 3.05) is 6.61 Å². The number of hydrogen-bond donors (Lipinski definition) is 1. The Kier molecular flexibility index (Phi) is 4.28. The lowest BCUT2D eigenvalue weighted by atomic mass is 10.1. The average molecular weight is 341 g/mol. The minimum absolute atomic E-state index is 0.200. The summed E-state index contributed by atoms with van der Waals surface area (Å²) < 4.78 is 6.07. The molecule has 5 nitrogen and oxygen atoms in total. The molecule has 1 N–H and O–H groups in total. The molecule has 0 atom stereocenters. The number of aromatic nitrogens is 1. The molecule has 1 aromatic carbocycles. The Morgan fingerprint density at radius 3 is 3.00 bits per heavy atom. The van der Waals surface area contributed by atoms with Gasteiger partial charge in [0, 0.05) is 11.6 Å². The Balaban J connectivity index is 2.12. The maximum absolute atomic E-state index is 11.8. The SMILES string of the molecule is CCOc1c(C#N)cnc2ccc(C=C3SC(=S)NC3=O)cc12. The van der Waals surface area contributed by atoms with Crippen LogP contribution in [0.5, 0.6) is 5.75 Å². The second kappa shape index (κ2) is 6.36. The van der Waals surface area contributed by atoms with Gasteiger partial charge >= 0.3 is 0 Å². The van der Waals surface area contributed by atoms with Gasteiger partial charge in [0.1, 0.15) is 21.7 Å². The van der Waals surface area contributed by atoms with Gasteiger partial charge in [-0.3, -0.25) is 9.78 Å². The normalized spacial score (nSPS) is 15.7. The molecule has 2 aromatic rings.